The minimum Gasteiger partial charge on any atom is -0.491 e. The molecule has 1 aliphatic carbocycles. The van der Waals surface area contributed by atoms with Gasteiger partial charge in [0.2, 0.25) is 5.91 Å². The van der Waals surface area contributed by atoms with Gasteiger partial charge in [0.1, 0.15) is 6.10 Å². The van der Waals surface area contributed by atoms with Crippen LogP contribution >= 0.6 is 0 Å². The van der Waals surface area contributed by atoms with Gasteiger partial charge in [0.05, 0.1) is 12.8 Å². The number of pyridine rings is 1. The molecule has 0 N–H and O–H groups in total. The standard InChI is InChI=1S/C22H26N2O3/c1-13-7-10-18-17(12-13)21(27-22-19(26-4)6-5-11-23-22)14(2)20(16-8-9-16)24(18)15(3)25/h5-7,10-12,14,16,20-21H,8-9H2,1-4H3/t14-,20+,21+/m0/s1. The number of benzene rings is 1. The Balaban J connectivity index is 1.81. The Hall–Kier alpha value is -2.56. The first kappa shape index (κ1) is 17.8. The molecule has 5 heteroatoms. The van der Waals surface area contributed by atoms with E-state index in [0.717, 1.165) is 16.8 Å². The van der Waals surface area contributed by atoms with Crippen LogP contribution in [0.1, 0.15) is 43.9 Å². The van der Waals surface area contributed by atoms with Crippen molar-refractivity contribution in [2.24, 2.45) is 11.8 Å². The van der Waals surface area contributed by atoms with Gasteiger partial charge in [-0.1, -0.05) is 24.6 Å². The number of amides is 1. The molecule has 27 heavy (non-hydrogen) atoms. The lowest BCUT2D eigenvalue weighted by Gasteiger charge is -2.45. The van der Waals surface area contributed by atoms with Gasteiger partial charge in [0.25, 0.3) is 5.88 Å². The van der Waals surface area contributed by atoms with E-state index in [4.69, 9.17) is 9.47 Å². The molecule has 2 aliphatic rings. The van der Waals surface area contributed by atoms with E-state index >= 15 is 0 Å². The van der Waals surface area contributed by atoms with Gasteiger partial charge < -0.3 is 14.4 Å². The molecule has 0 spiro atoms. The molecule has 1 fully saturated rings. The number of fused-ring (bicyclic) bond motifs is 1. The Morgan fingerprint density at radius 3 is 2.70 bits per heavy atom. The molecule has 1 aliphatic heterocycles. The zero-order valence-electron chi connectivity index (χ0n) is 16.3. The van der Waals surface area contributed by atoms with Crippen LogP contribution < -0.4 is 14.4 Å². The van der Waals surface area contributed by atoms with E-state index in [0.29, 0.717) is 17.5 Å². The van der Waals surface area contributed by atoms with E-state index < -0.39 is 0 Å². The smallest absolute Gasteiger partial charge is 0.257 e. The Kier molecular flexibility index (Phi) is 4.54. The minimum atomic E-state index is -0.176. The van der Waals surface area contributed by atoms with Crippen molar-refractivity contribution >= 4 is 11.6 Å². The Morgan fingerprint density at radius 2 is 2.04 bits per heavy atom. The minimum absolute atomic E-state index is 0.0951. The van der Waals surface area contributed by atoms with Gasteiger partial charge in [-0.25, -0.2) is 4.98 Å². The van der Waals surface area contributed by atoms with Crippen LogP contribution in [0.3, 0.4) is 0 Å². The van der Waals surface area contributed by atoms with Crippen molar-refractivity contribution < 1.29 is 14.3 Å². The average Bonchev–Trinajstić information content (AvgIpc) is 3.48. The van der Waals surface area contributed by atoms with Gasteiger partial charge in [-0.15, -0.1) is 0 Å². The summed E-state index contributed by atoms with van der Waals surface area (Å²) in [6.07, 6.45) is 3.87. The number of carbonyl (C=O) groups is 1. The van der Waals surface area contributed by atoms with Gasteiger partial charge in [-0.3, -0.25) is 4.79 Å². The van der Waals surface area contributed by atoms with Gasteiger partial charge in [-0.05, 0) is 43.9 Å². The van der Waals surface area contributed by atoms with Gasteiger partial charge in [0, 0.05) is 30.6 Å². The fraction of sp³-hybridized carbons (Fsp3) is 0.455. The number of hydrogen-bond acceptors (Lipinski definition) is 4. The third kappa shape index (κ3) is 3.15. The molecule has 1 aromatic heterocycles. The molecule has 3 atom stereocenters. The van der Waals surface area contributed by atoms with Crippen molar-refractivity contribution in [2.75, 3.05) is 12.0 Å². The molecular weight excluding hydrogens is 340 g/mol. The maximum absolute atomic E-state index is 12.6. The summed E-state index contributed by atoms with van der Waals surface area (Å²) >= 11 is 0. The first-order valence-corrected chi connectivity index (χ1v) is 9.57. The first-order chi connectivity index (χ1) is 13.0. The lowest BCUT2D eigenvalue weighted by atomic mass is 9.81. The molecule has 1 amide bonds. The van der Waals surface area contributed by atoms with Crippen LogP contribution in [0.15, 0.2) is 36.5 Å². The predicted molar refractivity (Wildman–Crippen MR) is 104 cm³/mol. The second-order valence-electron chi connectivity index (χ2n) is 7.69. The quantitative estimate of drug-likeness (QED) is 0.809. The summed E-state index contributed by atoms with van der Waals surface area (Å²) in [7, 11) is 1.62. The van der Waals surface area contributed by atoms with Crippen molar-refractivity contribution in [2.45, 2.75) is 45.8 Å². The maximum Gasteiger partial charge on any atom is 0.257 e. The molecule has 4 rings (SSSR count). The summed E-state index contributed by atoms with van der Waals surface area (Å²) in [6.45, 7) is 5.91. The van der Waals surface area contributed by atoms with Crippen molar-refractivity contribution in [3.63, 3.8) is 0 Å². The van der Waals surface area contributed by atoms with Gasteiger partial charge >= 0.3 is 0 Å². The lowest BCUT2D eigenvalue weighted by molar-refractivity contribution is -0.117. The summed E-state index contributed by atoms with van der Waals surface area (Å²) in [5.74, 6) is 1.90. The molecular formula is C22H26N2O3. The maximum atomic E-state index is 12.6. The molecule has 1 saturated carbocycles. The van der Waals surface area contributed by atoms with E-state index in [1.807, 2.05) is 17.0 Å². The molecule has 2 aromatic rings. The number of aromatic nitrogens is 1. The van der Waals surface area contributed by atoms with E-state index in [1.165, 1.54) is 12.8 Å². The topological polar surface area (TPSA) is 51.7 Å². The number of anilines is 1. The van der Waals surface area contributed by atoms with E-state index in [2.05, 4.69) is 37.0 Å². The molecule has 0 saturated heterocycles. The molecule has 1 aromatic carbocycles. The third-order valence-electron chi connectivity index (χ3n) is 5.70. The summed E-state index contributed by atoms with van der Waals surface area (Å²) in [5.41, 5.74) is 3.15. The van der Waals surface area contributed by atoms with Crippen LogP contribution in [0.25, 0.3) is 0 Å². The van der Waals surface area contributed by atoms with Crippen LogP contribution in [-0.4, -0.2) is 24.0 Å². The number of rotatable bonds is 4. The van der Waals surface area contributed by atoms with E-state index in [1.54, 1.807) is 20.2 Å². The lowest BCUT2D eigenvalue weighted by Crippen LogP contribution is -2.51. The Bertz CT molecular complexity index is 862. The summed E-state index contributed by atoms with van der Waals surface area (Å²) in [4.78, 5) is 18.9. The molecule has 5 nitrogen and oxygen atoms in total. The number of methoxy groups -OCH3 is 1. The highest BCUT2D eigenvalue weighted by Crippen LogP contribution is 2.50. The first-order valence-electron chi connectivity index (χ1n) is 9.57. The highest BCUT2D eigenvalue weighted by Gasteiger charge is 2.48. The second kappa shape index (κ2) is 6.87. The predicted octanol–water partition coefficient (Wildman–Crippen LogP) is 4.30. The van der Waals surface area contributed by atoms with E-state index in [-0.39, 0.29) is 24.0 Å². The Morgan fingerprint density at radius 1 is 1.26 bits per heavy atom. The molecule has 142 valence electrons. The highest BCUT2D eigenvalue weighted by molar-refractivity contribution is 5.94. The molecule has 2 heterocycles. The van der Waals surface area contributed by atoms with Gasteiger partial charge in [0.15, 0.2) is 5.75 Å². The van der Waals surface area contributed by atoms with Crippen molar-refractivity contribution in [1.82, 2.24) is 4.98 Å². The summed E-state index contributed by atoms with van der Waals surface area (Å²) in [5, 5.41) is 0. The van der Waals surface area contributed by atoms with Crippen LogP contribution in [0.4, 0.5) is 5.69 Å². The largest absolute Gasteiger partial charge is 0.491 e. The zero-order valence-corrected chi connectivity index (χ0v) is 16.3. The number of ether oxygens (including phenoxy) is 2. The monoisotopic (exact) mass is 366 g/mol. The van der Waals surface area contributed by atoms with Crippen LogP contribution in [0.2, 0.25) is 0 Å². The normalized spacial score (nSPS) is 24.3. The molecule has 0 radical (unpaired) electrons. The third-order valence-corrected chi connectivity index (χ3v) is 5.70. The van der Waals surface area contributed by atoms with Crippen molar-refractivity contribution in [3.8, 4) is 11.6 Å². The van der Waals surface area contributed by atoms with Crippen molar-refractivity contribution in [1.29, 1.82) is 0 Å². The van der Waals surface area contributed by atoms with E-state index in [9.17, 15) is 4.79 Å². The second-order valence-corrected chi connectivity index (χ2v) is 7.69. The molecule has 0 unspecified atom stereocenters. The summed E-state index contributed by atoms with van der Waals surface area (Å²) < 4.78 is 11.9. The average molecular weight is 366 g/mol. The fourth-order valence-corrected chi connectivity index (χ4v) is 4.35. The number of aryl methyl sites for hydroxylation is 1. The zero-order chi connectivity index (χ0) is 19.1. The van der Waals surface area contributed by atoms with Crippen LogP contribution in [0, 0.1) is 18.8 Å². The van der Waals surface area contributed by atoms with Crippen LogP contribution in [0.5, 0.6) is 11.6 Å². The highest BCUT2D eigenvalue weighted by atomic mass is 16.5. The van der Waals surface area contributed by atoms with Gasteiger partial charge in [-0.2, -0.15) is 0 Å². The SMILES string of the molecule is COc1cccnc1O[C@H]1c2cc(C)ccc2N(C(C)=O)[C@@H](C2CC2)[C@@H]1C. The van der Waals surface area contributed by atoms with Crippen molar-refractivity contribution in [3.05, 3.63) is 47.7 Å². The van der Waals surface area contributed by atoms with Crippen LogP contribution in [-0.2, 0) is 4.79 Å². The Labute approximate surface area is 160 Å². The number of hydrogen-bond donors (Lipinski definition) is 0. The number of nitrogens with zero attached hydrogens (tertiary/aromatic N) is 2. The molecule has 0 bridgehead atoms. The number of carbonyl (C=O) groups excluding carboxylic acids is 1. The summed E-state index contributed by atoms with van der Waals surface area (Å²) in [6, 6.07) is 10.1. The fourth-order valence-electron chi connectivity index (χ4n) is 4.35.